The maximum atomic E-state index is 11.6. The lowest BCUT2D eigenvalue weighted by atomic mass is 10.1. The fraction of sp³-hybridized carbons (Fsp3) is 0. The highest BCUT2D eigenvalue weighted by Crippen LogP contribution is 2.57. The van der Waals surface area contributed by atoms with Crippen LogP contribution in [0.5, 0.6) is 5.75 Å². The molecule has 0 bridgehead atoms. The summed E-state index contributed by atoms with van der Waals surface area (Å²) in [6.45, 7) is 0. The molecule has 2 aromatic carbocycles. The van der Waals surface area contributed by atoms with Crippen LogP contribution >= 0.6 is 39.9 Å². The van der Waals surface area contributed by atoms with E-state index in [-0.39, 0.29) is 12.4 Å². The molecular formula is C17H12Cl3O2PS. The second-order valence-corrected chi connectivity index (χ2v) is 10.0. The molecule has 0 N–H and O–H groups in total. The monoisotopic (exact) mass is 416 g/mol. The first-order valence-electron chi connectivity index (χ1n) is 6.79. The molecule has 0 fully saturated rings. The maximum absolute atomic E-state index is 11.6. The average Bonchev–Trinajstić information content (AvgIpc) is 2.55. The molecular weight excluding hydrogens is 406 g/mol. The van der Waals surface area contributed by atoms with Gasteiger partial charge in [0.05, 0.1) is 0 Å². The van der Waals surface area contributed by atoms with Gasteiger partial charge in [-0.25, -0.2) is 4.57 Å². The van der Waals surface area contributed by atoms with Crippen molar-refractivity contribution in [1.29, 1.82) is 0 Å². The molecule has 0 saturated carbocycles. The van der Waals surface area contributed by atoms with E-state index in [1.807, 2.05) is 60.7 Å². The lowest BCUT2D eigenvalue weighted by Crippen LogP contribution is -3.00. The van der Waals surface area contributed by atoms with Crippen molar-refractivity contribution < 1.29 is 21.5 Å². The third-order valence-corrected chi connectivity index (χ3v) is 5.08. The van der Waals surface area contributed by atoms with E-state index in [0.717, 1.165) is 20.9 Å². The Hall–Kier alpha value is -1.09. The normalized spacial score (nSPS) is 10.8. The molecule has 0 saturated heterocycles. The fourth-order valence-electron chi connectivity index (χ4n) is 2.14. The summed E-state index contributed by atoms with van der Waals surface area (Å²) >= 11 is 12.7. The predicted molar refractivity (Wildman–Crippen MR) is 99.5 cm³/mol. The number of hydrogen-bond acceptors (Lipinski definition) is 2. The molecule has 0 unspecified atom stereocenters. The van der Waals surface area contributed by atoms with Crippen LogP contribution in [0.1, 0.15) is 0 Å². The highest BCUT2D eigenvalue weighted by Gasteiger charge is 2.23. The van der Waals surface area contributed by atoms with Gasteiger partial charge in [0.2, 0.25) is 21.1 Å². The minimum absolute atomic E-state index is 0. The lowest BCUT2D eigenvalue weighted by Gasteiger charge is -2.05. The van der Waals surface area contributed by atoms with Gasteiger partial charge in [-0.15, -0.1) is 0 Å². The summed E-state index contributed by atoms with van der Waals surface area (Å²) < 4.78 is 16.8. The Balaban J connectivity index is 0.00000208. The zero-order chi connectivity index (χ0) is 16.3. The molecule has 7 heteroatoms. The smallest absolute Gasteiger partial charge is 0.428 e. The summed E-state index contributed by atoms with van der Waals surface area (Å²) in [5.41, 5.74) is 2.08. The van der Waals surface area contributed by atoms with Gasteiger partial charge in [0.1, 0.15) is 5.75 Å². The molecule has 0 spiro atoms. The Kier molecular flexibility index (Phi) is 6.68. The Morgan fingerprint density at radius 3 is 1.58 bits per heavy atom. The van der Waals surface area contributed by atoms with Crippen LogP contribution < -0.4 is 16.9 Å². The van der Waals surface area contributed by atoms with E-state index in [2.05, 4.69) is 0 Å². The van der Waals surface area contributed by atoms with Gasteiger partial charge in [-0.2, -0.15) is 0 Å². The van der Waals surface area contributed by atoms with Crippen molar-refractivity contribution in [2.75, 3.05) is 0 Å². The second kappa shape index (κ2) is 8.33. The first kappa shape index (κ1) is 19.2. The molecule has 1 aromatic heterocycles. The number of hydrogen-bond donors (Lipinski definition) is 0. The van der Waals surface area contributed by atoms with Crippen molar-refractivity contribution >= 4 is 39.9 Å². The van der Waals surface area contributed by atoms with Crippen LogP contribution in [0.25, 0.3) is 20.9 Å². The standard InChI is InChI=1S/C17H12Cl2O2PS.ClH/c18-22(19,20)21-15-11-16(13-7-3-1-4-8-13)23-17(12-15)14-9-5-2-6-10-14;/h1-12H;1H/q+1;/p-1. The Morgan fingerprint density at radius 1 is 0.792 bits per heavy atom. The van der Waals surface area contributed by atoms with Crippen molar-refractivity contribution in [2.24, 2.45) is 0 Å². The van der Waals surface area contributed by atoms with Gasteiger partial charge in [-0.05, 0) is 24.3 Å². The molecule has 0 aliphatic rings. The van der Waals surface area contributed by atoms with Gasteiger partial charge in [0.25, 0.3) is 0 Å². The second-order valence-electron chi connectivity index (χ2n) is 4.76. The first-order valence-corrected chi connectivity index (χ1v) is 11.0. The molecule has 3 aromatic rings. The predicted octanol–water partition coefficient (Wildman–Crippen LogP) is 4.33. The van der Waals surface area contributed by atoms with Crippen LogP contribution in [0.2, 0.25) is 0 Å². The van der Waals surface area contributed by atoms with Crippen LogP contribution in [-0.2, 0) is 4.57 Å². The number of benzene rings is 2. The van der Waals surface area contributed by atoms with Crippen LogP contribution in [0.4, 0.5) is 0 Å². The van der Waals surface area contributed by atoms with Crippen LogP contribution in [0.15, 0.2) is 72.8 Å². The van der Waals surface area contributed by atoms with E-state index in [1.165, 1.54) is 0 Å². The van der Waals surface area contributed by atoms with Crippen LogP contribution in [0, 0.1) is 0 Å². The summed E-state index contributed by atoms with van der Waals surface area (Å²) in [5, 5.41) is 0. The van der Waals surface area contributed by atoms with Gasteiger partial charge in [0.15, 0.2) is 0 Å². The van der Waals surface area contributed by atoms with Crippen molar-refractivity contribution in [1.82, 2.24) is 0 Å². The molecule has 124 valence electrons. The van der Waals surface area contributed by atoms with E-state index in [0.29, 0.717) is 5.75 Å². The lowest BCUT2D eigenvalue weighted by molar-refractivity contribution is -0.00000625. The fourth-order valence-corrected chi connectivity index (χ4v) is 4.07. The molecule has 1 heterocycles. The summed E-state index contributed by atoms with van der Waals surface area (Å²) in [6, 6.07) is 23.4. The molecule has 2 nitrogen and oxygen atoms in total. The van der Waals surface area contributed by atoms with Gasteiger partial charge in [-0.1, -0.05) is 36.4 Å². The third kappa shape index (κ3) is 5.20. The Morgan fingerprint density at radius 2 is 1.21 bits per heavy atom. The van der Waals surface area contributed by atoms with Gasteiger partial charge < -0.3 is 16.9 Å². The minimum Gasteiger partial charge on any atom is -1.00 e. The zero-order valence-corrected chi connectivity index (χ0v) is 16.2. The number of rotatable bonds is 4. The molecule has 0 radical (unpaired) electrons. The maximum Gasteiger partial charge on any atom is 0.428 e. The number of halogens is 3. The van der Waals surface area contributed by atoms with Crippen molar-refractivity contribution in [3.63, 3.8) is 0 Å². The molecule has 24 heavy (non-hydrogen) atoms. The topological polar surface area (TPSA) is 26.3 Å². The van der Waals surface area contributed by atoms with Crippen LogP contribution in [-0.4, -0.2) is 0 Å². The summed E-state index contributed by atoms with van der Waals surface area (Å²) in [6.07, 6.45) is -3.66. The summed E-state index contributed by atoms with van der Waals surface area (Å²) in [7, 11) is 0. The Labute approximate surface area is 160 Å². The van der Waals surface area contributed by atoms with Crippen molar-refractivity contribution in [3.05, 3.63) is 72.8 Å². The van der Waals surface area contributed by atoms with Crippen LogP contribution in [0.3, 0.4) is 0 Å². The molecule has 0 amide bonds. The van der Waals surface area contributed by atoms with Gasteiger partial charge in [-0.3, -0.25) is 0 Å². The van der Waals surface area contributed by atoms with E-state index in [9.17, 15) is 4.57 Å². The van der Waals surface area contributed by atoms with E-state index in [4.69, 9.17) is 27.0 Å². The highest BCUT2D eigenvalue weighted by atomic mass is 35.9. The molecule has 0 aliphatic heterocycles. The largest absolute Gasteiger partial charge is 1.00 e. The third-order valence-electron chi connectivity index (χ3n) is 3.09. The van der Waals surface area contributed by atoms with Crippen molar-refractivity contribution in [3.8, 4) is 26.6 Å². The zero-order valence-electron chi connectivity index (χ0n) is 12.2. The summed E-state index contributed by atoms with van der Waals surface area (Å²) in [4.78, 5) is 1.95. The average molecular weight is 418 g/mol. The van der Waals surface area contributed by atoms with Gasteiger partial charge >= 0.3 is 6.07 Å². The van der Waals surface area contributed by atoms with E-state index >= 15 is 0 Å². The van der Waals surface area contributed by atoms with Gasteiger partial charge in [0, 0.05) is 45.7 Å². The summed E-state index contributed by atoms with van der Waals surface area (Å²) in [5.74, 6) is 0.384. The Bertz CT molecular complexity index is 796. The highest BCUT2D eigenvalue weighted by molar-refractivity contribution is 8.05. The molecule has 3 rings (SSSR count). The molecule has 0 atom stereocenters. The van der Waals surface area contributed by atoms with Crippen molar-refractivity contribution in [2.45, 2.75) is 0 Å². The minimum atomic E-state index is -3.66. The first-order chi connectivity index (χ1) is 11.0. The molecule has 0 aliphatic carbocycles. The quantitative estimate of drug-likeness (QED) is 0.466. The SMILES string of the molecule is O=P(Cl)(Cl)Oc1cc(-c2ccccc2)[s+]c(-c2ccccc2)c1.[Cl-]. The van der Waals surface area contributed by atoms with E-state index in [1.54, 1.807) is 23.5 Å². The van der Waals surface area contributed by atoms with E-state index < -0.39 is 6.07 Å².